The van der Waals surface area contributed by atoms with E-state index in [-0.39, 0.29) is 23.3 Å². The lowest BCUT2D eigenvalue weighted by Gasteiger charge is -2.07. The first-order valence-electron chi connectivity index (χ1n) is 6.73. The maximum absolute atomic E-state index is 12.4. The molecule has 2 aromatic carbocycles. The van der Waals surface area contributed by atoms with Crippen LogP contribution in [0.4, 0.5) is 11.6 Å². The number of imidazole rings is 1. The number of rotatable bonds is 2. The third kappa shape index (κ3) is 1.74. The lowest BCUT2D eigenvalue weighted by molar-refractivity contribution is -0.329. The topological polar surface area (TPSA) is 73.3 Å². The fourth-order valence-corrected chi connectivity index (χ4v) is 2.40. The SMILES string of the molecule is O=[N+]1C(c2ccccc2)=Nc2c1nc(-c1ccccc1)n2[O-]. The van der Waals surface area contributed by atoms with Gasteiger partial charge in [0, 0.05) is 10.3 Å². The highest BCUT2D eigenvalue weighted by Crippen LogP contribution is 2.37. The quantitative estimate of drug-likeness (QED) is 0.679. The first kappa shape index (κ1) is 12.5. The van der Waals surface area contributed by atoms with Crippen molar-refractivity contribution < 1.29 is 4.76 Å². The zero-order chi connectivity index (χ0) is 15.1. The van der Waals surface area contributed by atoms with Gasteiger partial charge in [-0.05, 0) is 24.3 Å². The molecule has 0 amide bonds. The van der Waals surface area contributed by atoms with Crippen molar-refractivity contribution in [1.29, 1.82) is 0 Å². The van der Waals surface area contributed by atoms with E-state index in [4.69, 9.17) is 0 Å². The van der Waals surface area contributed by atoms with E-state index in [1.807, 2.05) is 36.4 Å². The summed E-state index contributed by atoms with van der Waals surface area (Å²) in [5, 5.41) is 12.4. The fourth-order valence-electron chi connectivity index (χ4n) is 2.40. The van der Waals surface area contributed by atoms with Gasteiger partial charge in [-0.15, -0.1) is 0 Å². The monoisotopic (exact) mass is 290 g/mol. The molecule has 6 heteroatoms. The van der Waals surface area contributed by atoms with E-state index in [0.717, 1.165) is 0 Å². The van der Waals surface area contributed by atoms with Gasteiger partial charge in [0.05, 0.1) is 5.56 Å². The number of aromatic nitrogens is 2. The molecular weight excluding hydrogens is 280 g/mol. The molecule has 22 heavy (non-hydrogen) atoms. The number of benzene rings is 2. The van der Waals surface area contributed by atoms with Crippen LogP contribution in [0.3, 0.4) is 0 Å². The van der Waals surface area contributed by atoms with Crippen molar-refractivity contribution in [3.8, 4) is 11.4 Å². The Morgan fingerprint density at radius 2 is 1.50 bits per heavy atom. The minimum Gasteiger partial charge on any atom is -0.801 e. The van der Waals surface area contributed by atoms with E-state index < -0.39 is 0 Å². The van der Waals surface area contributed by atoms with Gasteiger partial charge in [0.2, 0.25) is 5.82 Å². The highest BCUT2D eigenvalue weighted by molar-refractivity contribution is 5.98. The molecule has 0 fully saturated rings. The normalized spacial score (nSPS) is 13.1. The Hall–Kier alpha value is -3.28. The summed E-state index contributed by atoms with van der Waals surface area (Å²) >= 11 is 0. The van der Waals surface area contributed by atoms with Crippen molar-refractivity contribution in [1.82, 2.24) is 9.71 Å². The molecule has 6 nitrogen and oxygen atoms in total. The highest BCUT2D eigenvalue weighted by Gasteiger charge is 2.38. The van der Waals surface area contributed by atoms with Crippen molar-refractivity contribution in [2.24, 2.45) is 4.99 Å². The lowest BCUT2D eigenvalue weighted by Crippen LogP contribution is -2.11. The third-order valence-electron chi connectivity index (χ3n) is 3.46. The molecule has 1 aliphatic rings. The molecule has 1 aromatic heterocycles. The van der Waals surface area contributed by atoms with E-state index >= 15 is 0 Å². The predicted octanol–water partition coefficient (Wildman–Crippen LogP) is 3.40. The summed E-state index contributed by atoms with van der Waals surface area (Å²) in [5.74, 6) is 0.435. The summed E-state index contributed by atoms with van der Waals surface area (Å²) in [6.07, 6.45) is 0. The summed E-state index contributed by atoms with van der Waals surface area (Å²) in [6.45, 7) is 0. The van der Waals surface area contributed by atoms with Crippen LogP contribution in [-0.4, -0.2) is 20.3 Å². The van der Waals surface area contributed by atoms with Crippen LogP contribution in [0.15, 0.2) is 65.7 Å². The molecule has 0 aliphatic carbocycles. The van der Waals surface area contributed by atoms with Gasteiger partial charge in [-0.1, -0.05) is 51.3 Å². The molecule has 0 atom stereocenters. The average molecular weight is 290 g/mol. The van der Waals surface area contributed by atoms with Gasteiger partial charge in [0.1, 0.15) is 0 Å². The number of nitroso groups, excluding NO2 is 1. The second-order valence-corrected chi connectivity index (χ2v) is 4.84. The number of hydrogen-bond acceptors (Lipinski definition) is 4. The fraction of sp³-hybridized carbons (Fsp3) is 0. The van der Waals surface area contributed by atoms with E-state index in [1.165, 1.54) is 0 Å². The Morgan fingerprint density at radius 1 is 0.909 bits per heavy atom. The molecule has 4 rings (SSSR count). The minimum atomic E-state index is 0.0349. The van der Waals surface area contributed by atoms with E-state index in [1.54, 1.807) is 24.3 Å². The van der Waals surface area contributed by atoms with Crippen LogP contribution in [-0.2, 0) is 0 Å². The summed E-state index contributed by atoms with van der Waals surface area (Å²) in [5.41, 5.74) is 1.30. The van der Waals surface area contributed by atoms with Crippen LogP contribution < -0.4 is 0 Å². The van der Waals surface area contributed by atoms with Gasteiger partial charge < -0.3 is 9.94 Å². The predicted molar refractivity (Wildman–Crippen MR) is 82.4 cm³/mol. The maximum atomic E-state index is 12.4. The average Bonchev–Trinajstić information content (AvgIpc) is 3.07. The molecule has 0 saturated carbocycles. The Labute approximate surface area is 125 Å². The van der Waals surface area contributed by atoms with Crippen LogP contribution in [0.1, 0.15) is 5.56 Å². The Kier molecular flexibility index (Phi) is 2.62. The van der Waals surface area contributed by atoms with Gasteiger partial charge in [-0.25, -0.2) is 0 Å². The number of fused-ring (bicyclic) bond motifs is 1. The minimum absolute atomic E-state index is 0.0349. The molecule has 0 saturated heterocycles. The number of aliphatic imine (C=N–C) groups is 1. The summed E-state index contributed by atoms with van der Waals surface area (Å²) < 4.78 is 1.21. The van der Waals surface area contributed by atoms with Crippen LogP contribution in [0.2, 0.25) is 0 Å². The second kappa shape index (κ2) is 4.63. The van der Waals surface area contributed by atoms with Gasteiger partial charge in [-0.3, -0.25) is 0 Å². The Bertz CT molecular complexity index is 899. The highest BCUT2D eigenvalue weighted by atomic mass is 16.5. The van der Waals surface area contributed by atoms with Gasteiger partial charge >= 0.3 is 11.7 Å². The summed E-state index contributed by atoms with van der Waals surface area (Å²) in [6, 6.07) is 18.0. The van der Waals surface area contributed by atoms with Crippen molar-refractivity contribution in [3.05, 3.63) is 76.3 Å². The summed E-state index contributed by atoms with van der Waals surface area (Å²) in [4.78, 5) is 20.7. The Balaban J connectivity index is 1.84. The molecular formula is C16H10N4O2. The molecule has 0 radical (unpaired) electrons. The molecule has 0 bridgehead atoms. The molecule has 0 spiro atoms. The van der Waals surface area contributed by atoms with Gasteiger partial charge in [0.25, 0.3) is 5.82 Å². The van der Waals surface area contributed by atoms with Crippen LogP contribution in [0.5, 0.6) is 0 Å². The molecule has 0 unspecified atom stereocenters. The van der Waals surface area contributed by atoms with Crippen molar-refractivity contribution in [2.75, 3.05) is 0 Å². The van der Waals surface area contributed by atoms with Crippen LogP contribution >= 0.6 is 0 Å². The van der Waals surface area contributed by atoms with E-state index in [2.05, 4.69) is 9.98 Å². The summed E-state index contributed by atoms with van der Waals surface area (Å²) in [7, 11) is 0. The Morgan fingerprint density at radius 3 is 2.09 bits per heavy atom. The van der Waals surface area contributed by atoms with Crippen LogP contribution in [0, 0.1) is 10.1 Å². The van der Waals surface area contributed by atoms with Crippen molar-refractivity contribution in [2.45, 2.75) is 0 Å². The molecule has 1 aliphatic heterocycles. The zero-order valence-electron chi connectivity index (χ0n) is 11.4. The third-order valence-corrected chi connectivity index (χ3v) is 3.46. The first-order chi connectivity index (χ1) is 10.8. The van der Waals surface area contributed by atoms with Crippen LogP contribution in [0.25, 0.3) is 11.4 Å². The smallest absolute Gasteiger partial charge is 0.368 e. The standard InChI is InChI=1S/C16H10N4O2/c21-19-13(11-7-3-1-4-8-11)17-15-16(19)18-14(20(15)22)12-9-5-2-6-10-12/h1-10H. The van der Waals surface area contributed by atoms with E-state index in [9.17, 15) is 10.1 Å². The maximum Gasteiger partial charge on any atom is 0.368 e. The number of hydrogen-bond donors (Lipinski definition) is 0. The second-order valence-electron chi connectivity index (χ2n) is 4.84. The number of amidine groups is 1. The molecule has 3 aromatic rings. The van der Waals surface area contributed by atoms with E-state index in [0.29, 0.717) is 20.6 Å². The van der Waals surface area contributed by atoms with Crippen molar-refractivity contribution in [3.63, 3.8) is 0 Å². The molecule has 0 N–H and O–H groups in total. The molecule has 2 heterocycles. The largest absolute Gasteiger partial charge is 0.801 e. The molecule has 106 valence electrons. The first-order valence-corrected chi connectivity index (χ1v) is 6.73. The van der Waals surface area contributed by atoms with Gasteiger partial charge in [0.15, 0.2) is 0 Å². The number of nitrogens with zero attached hydrogens (tertiary/aromatic N) is 4. The zero-order valence-corrected chi connectivity index (χ0v) is 11.4. The van der Waals surface area contributed by atoms with Crippen molar-refractivity contribution >= 4 is 17.5 Å². The lowest BCUT2D eigenvalue weighted by atomic mass is 10.2. The van der Waals surface area contributed by atoms with Gasteiger partial charge in [-0.2, -0.15) is 0 Å².